The van der Waals surface area contributed by atoms with Gasteiger partial charge in [-0.25, -0.2) is 0 Å². The van der Waals surface area contributed by atoms with Crippen LogP contribution >= 0.6 is 0 Å². The van der Waals surface area contributed by atoms with Gasteiger partial charge in [0.15, 0.2) is 0 Å². The maximum atomic E-state index is 11.9. The summed E-state index contributed by atoms with van der Waals surface area (Å²) in [6.45, 7) is 2.51. The van der Waals surface area contributed by atoms with Crippen LogP contribution in [0.25, 0.3) is 0 Å². The molecule has 0 spiro atoms. The van der Waals surface area contributed by atoms with E-state index in [-0.39, 0.29) is 6.04 Å². The Balaban J connectivity index is 1.78. The molecule has 2 amide bonds. The monoisotopic (exact) mass is 274 g/mol. The molecular formula is C16H22N2O2. The lowest BCUT2D eigenvalue weighted by molar-refractivity contribution is -0.140. The standard InChI is InChI=1S/C16H22N2O2/c1-12-7-5-6-10-14(12)18-16(20)15(19)17-11-13-8-3-2-4-9-13/h2-4,8-9,12,14H,5-7,10-11H2,1H3,(H,17,19)(H,18,20)/t12-,14+/m0/s1. The predicted molar refractivity (Wildman–Crippen MR) is 77.9 cm³/mol. The average Bonchev–Trinajstić information content (AvgIpc) is 2.48. The van der Waals surface area contributed by atoms with Crippen molar-refractivity contribution in [3.05, 3.63) is 35.9 Å². The molecule has 2 N–H and O–H groups in total. The van der Waals surface area contributed by atoms with Crippen molar-refractivity contribution in [1.29, 1.82) is 0 Å². The minimum Gasteiger partial charge on any atom is -0.345 e. The Hall–Kier alpha value is -1.84. The van der Waals surface area contributed by atoms with Gasteiger partial charge in [-0.1, -0.05) is 50.1 Å². The SMILES string of the molecule is C[C@H]1CCCC[C@H]1NC(=O)C(=O)NCc1ccccc1. The summed E-state index contributed by atoms with van der Waals surface area (Å²) in [6, 6.07) is 9.71. The second kappa shape index (κ2) is 7.08. The minimum absolute atomic E-state index is 0.138. The predicted octanol–water partition coefficient (Wildman–Crippen LogP) is 2.00. The number of carbonyl (C=O) groups excluding carboxylic acids is 2. The molecule has 1 aliphatic rings. The Bertz CT molecular complexity index is 459. The van der Waals surface area contributed by atoms with Crippen LogP contribution in [0, 0.1) is 5.92 Å². The summed E-state index contributed by atoms with van der Waals surface area (Å²) in [6.07, 6.45) is 4.43. The van der Waals surface area contributed by atoms with E-state index in [1.807, 2.05) is 30.3 Å². The largest absolute Gasteiger partial charge is 0.345 e. The quantitative estimate of drug-likeness (QED) is 0.828. The molecule has 0 bridgehead atoms. The maximum Gasteiger partial charge on any atom is 0.309 e. The molecule has 1 fully saturated rings. The molecule has 0 unspecified atom stereocenters. The first-order valence-electron chi connectivity index (χ1n) is 7.29. The number of hydrogen-bond donors (Lipinski definition) is 2. The summed E-state index contributed by atoms with van der Waals surface area (Å²) in [5.41, 5.74) is 0.986. The number of nitrogens with one attached hydrogen (secondary N) is 2. The third-order valence-corrected chi connectivity index (χ3v) is 3.93. The first kappa shape index (κ1) is 14.6. The van der Waals surface area contributed by atoms with Crippen LogP contribution in [-0.2, 0) is 16.1 Å². The maximum absolute atomic E-state index is 11.9. The number of amides is 2. The van der Waals surface area contributed by atoms with Crippen LogP contribution in [0.2, 0.25) is 0 Å². The molecule has 0 saturated heterocycles. The van der Waals surface area contributed by atoms with Gasteiger partial charge in [-0.15, -0.1) is 0 Å². The fraction of sp³-hybridized carbons (Fsp3) is 0.500. The van der Waals surface area contributed by atoms with Crippen molar-refractivity contribution in [2.75, 3.05) is 0 Å². The van der Waals surface area contributed by atoms with Crippen molar-refractivity contribution in [3.8, 4) is 0 Å². The highest BCUT2D eigenvalue weighted by atomic mass is 16.2. The van der Waals surface area contributed by atoms with Gasteiger partial charge in [-0.05, 0) is 24.3 Å². The molecule has 1 saturated carbocycles. The lowest BCUT2D eigenvalue weighted by Crippen LogP contribution is -2.47. The zero-order valence-corrected chi connectivity index (χ0v) is 11.9. The molecule has 2 rings (SSSR count). The molecule has 108 valence electrons. The van der Waals surface area contributed by atoms with Crippen LogP contribution in [0.3, 0.4) is 0 Å². The van der Waals surface area contributed by atoms with E-state index < -0.39 is 11.8 Å². The Morgan fingerprint density at radius 3 is 2.50 bits per heavy atom. The third kappa shape index (κ3) is 4.08. The van der Waals surface area contributed by atoms with Crippen molar-refractivity contribution in [2.45, 2.75) is 45.2 Å². The Morgan fingerprint density at radius 1 is 1.10 bits per heavy atom. The summed E-state index contributed by atoms with van der Waals surface area (Å²) >= 11 is 0. The van der Waals surface area contributed by atoms with E-state index in [0.29, 0.717) is 12.5 Å². The molecule has 0 radical (unpaired) electrons. The Kier molecular flexibility index (Phi) is 5.16. The molecule has 1 aromatic carbocycles. The molecule has 20 heavy (non-hydrogen) atoms. The van der Waals surface area contributed by atoms with Crippen LogP contribution < -0.4 is 10.6 Å². The zero-order chi connectivity index (χ0) is 14.4. The molecular weight excluding hydrogens is 252 g/mol. The van der Waals surface area contributed by atoms with Crippen molar-refractivity contribution < 1.29 is 9.59 Å². The van der Waals surface area contributed by atoms with Gasteiger partial charge in [0.25, 0.3) is 0 Å². The lowest BCUT2D eigenvalue weighted by Gasteiger charge is -2.29. The normalized spacial score (nSPS) is 22.1. The fourth-order valence-corrected chi connectivity index (χ4v) is 2.62. The Labute approximate surface area is 119 Å². The van der Waals surface area contributed by atoms with E-state index in [1.165, 1.54) is 6.42 Å². The van der Waals surface area contributed by atoms with E-state index in [1.54, 1.807) is 0 Å². The minimum atomic E-state index is -0.549. The van der Waals surface area contributed by atoms with E-state index in [2.05, 4.69) is 17.6 Å². The number of hydrogen-bond acceptors (Lipinski definition) is 2. The second-order valence-electron chi connectivity index (χ2n) is 5.51. The van der Waals surface area contributed by atoms with Crippen LogP contribution in [0.15, 0.2) is 30.3 Å². The van der Waals surface area contributed by atoms with E-state index >= 15 is 0 Å². The van der Waals surface area contributed by atoms with Gasteiger partial charge < -0.3 is 10.6 Å². The van der Waals surface area contributed by atoms with Crippen LogP contribution in [0.5, 0.6) is 0 Å². The van der Waals surface area contributed by atoms with Crippen molar-refractivity contribution in [1.82, 2.24) is 10.6 Å². The van der Waals surface area contributed by atoms with Gasteiger partial charge in [-0.3, -0.25) is 9.59 Å². The van der Waals surface area contributed by atoms with Gasteiger partial charge >= 0.3 is 11.8 Å². The van der Waals surface area contributed by atoms with Gasteiger partial charge in [0.1, 0.15) is 0 Å². The third-order valence-electron chi connectivity index (χ3n) is 3.93. The van der Waals surface area contributed by atoms with Gasteiger partial charge in [0.05, 0.1) is 0 Å². The van der Waals surface area contributed by atoms with E-state index in [9.17, 15) is 9.59 Å². The summed E-state index contributed by atoms with van der Waals surface area (Å²) in [4.78, 5) is 23.6. The summed E-state index contributed by atoms with van der Waals surface area (Å²) < 4.78 is 0. The van der Waals surface area contributed by atoms with Crippen LogP contribution in [-0.4, -0.2) is 17.9 Å². The molecule has 1 aliphatic carbocycles. The number of benzene rings is 1. The molecule has 2 atom stereocenters. The zero-order valence-electron chi connectivity index (χ0n) is 11.9. The molecule has 0 aromatic heterocycles. The first-order chi connectivity index (χ1) is 9.66. The van der Waals surface area contributed by atoms with Crippen molar-refractivity contribution >= 4 is 11.8 Å². The highest BCUT2D eigenvalue weighted by Gasteiger charge is 2.25. The van der Waals surface area contributed by atoms with Crippen LogP contribution in [0.1, 0.15) is 38.2 Å². The molecule has 0 heterocycles. The van der Waals surface area contributed by atoms with E-state index in [0.717, 1.165) is 24.8 Å². The van der Waals surface area contributed by atoms with Gasteiger partial charge in [-0.2, -0.15) is 0 Å². The highest BCUT2D eigenvalue weighted by molar-refractivity contribution is 6.35. The van der Waals surface area contributed by atoms with Gasteiger partial charge in [0, 0.05) is 12.6 Å². The lowest BCUT2D eigenvalue weighted by atomic mass is 9.86. The van der Waals surface area contributed by atoms with Crippen LogP contribution in [0.4, 0.5) is 0 Å². The topological polar surface area (TPSA) is 58.2 Å². The number of rotatable bonds is 3. The summed E-state index contributed by atoms with van der Waals surface area (Å²) in [7, 11) is 0. The van der Waals surface area contributed by atoms with Crippen molar-refractivity contribution in [2.24, 2.45) is 5.92 Å². The fourth-order valence-electron chi connectivity index (χ4n) is 2.62. The second-order valence-corrected chi connectivity index (χ2v) is 5.51. The summed E-state index contributed by atoms with van der Waals surface area (Å²) in [5.74, 6) is -0.610. The summed E-state index contributed by atoms with van der Waals surface area (Å²) in [5, 5.41) is 5.51. The molecule has 1 aromatic rings. The van der Waals surface area contributed by atoms with Gasteiger partial charge in [0.2, 0.25) is 0 Å². The van der Waals surface area contributed by atoms with E-state index in [4.69, 9.17) is 0 Å². The molecule has 4 heteroatoms. The average molecular weight is 274 g/mol. The smallest absolute Gasteiger partial charge is 0.309 e. The molecule has 0 aliphatic heterocycles. The highest BCUT2D eigenvalue weighted by Crippen LogP contribution is 2.23. The number of carbonyl (C=O) groups is 2. The van der Waals surface area contributed by atoms with Crippen molar-refractivity contribution in [3.63, 3.8) is 0 Å². The first-order valence-corrected chi connectivity index (χ1v) is 7.29. The Morgan fingerprint density at radius 2 is 1.80 bits per heavy atom. The molecule has 4 nitrogen and oxygen atoms in total.